The lowest BCUT2D eigenvalue weighted by Gasteiger charge is -2.22. The number of carboxylic acids is 1. The highest BCUT2D eigenvalue weighted by molar-refractivity contribution is 7.84. The van der Waals surface area contributed by atoms with Crippen molar-refractivity contribution in [2.24, 2.45) is 0 Å². The molecule has 0 aliphatic heterocycles. The maximum Gasteiger partial charge on any atom is 0.323 e. The normalized spacial score (nSPS) is 13.3. The zero-order valence-corrected chi connectivity index (χ0v) is 12.2. The Labute approximate surface area is 120 Å². The Morgan fingerprint density at radius 2 is 1.95 bits per heavy atom. The third-order valence-corrected chi connectivity index (χ3v) is 4.01. The highest BCUT2D eigenvalue weighted by Crippen LogP contribution is 2.13. The van der Waals surface area contributed by atoms with Crippen LogP contribution in [-0.2, 0) is 15.6 Å². The molecule has 1 aromatic carbocycles. The number of benzene rings is 1. The van der Waals surface area contributed by atoms with Gasteiger partial charge in [0.05, 0.1) is 0 Å². The number of rotatable bonds is 6. The number of hydrogen-bond donors (Lipinski definition) is 2. The van der Waals surface area contributed by atoms with Crippen LogP contribution in [0, 0.1) is 0 Å². The first-order valence-electron chi connectivity index (χ1n) is 6.06. The molecule has 2 atom stereocenters. The summed E-state index contributed by atoms with van der Waals surface area (Å²) in [7, 11) is -1.04. The molecular weight excluding hydrogens is 280 g/mol. The Balaban J connectivity index is 2.76. The predicted octanol–water partition coefficient (Wildman–Crippen LogP) is 1.05. The van der Waals surface area contributed by atoms with Crippen molar-refractivity contribution in [3.63, 3.8) is 0 Å². The minimum absolute atomic E-state index is 0.193. The molecule has 0 heterocycles. The van der Waals surface area contributed by atoms with Gasteiger partial charge in [-0.2, -0.15) is 0 Å². The number of aliphatic carboxylic acids is 1. The molecule has 6 nitrogen and oxygen atoms in total. The number of nitrogens with zero attached hydrogens (tertiary/aromatic N) is 1. The molecule has 1 aromatic rings. The fourth-order valence-corrected chi connectivity index (χ4v) is 1.79. The van der Waals surface area contributed by atoms with Crippen LogP contribution < -0.4 is 10.2 Å². The highest BCUT2D eigenvalue weighted by atomic mass is 32.2. The molecule has 2 N–H and O–H groups in total. The number of carbonyl (C=O) groups excluding carboxylic acids is 1. The van der Waals surface area contributed by atoms with Crippen LogP contribution in [0.4, 0.5) is 10.5 Å². The summed E-state index contributed by atoms with van der Waals surface area (Å²) in [6.07, 6.45) is 1.56. The van der Waals surface area contributed by atoms with Crippen molar-refractivity contribution >= 4 is 28.5 Å². The van der Waals surface area contributed by atoms with Gasteiger partial charge in [-0.1, -0.05) is 18.2 Å². The van der Waals surface area contributed by atoms with Crippen molar-refractivity contribution in [3.8, 4) is 0 Å². The van der Waals surface area contributed by atoms with Crippen LogP contribution in [0.2, 0.25) is 0 Å². The average Bonchev–Trinajstić information content (AvgIpc) is 2.42. The maximum absolute atomic E-state index is 12.1. The average molecular weight is 298 g/mol. The first-order valence-corrected chi connectivity index (χ1v) is 7.68. The van der Waals surface area contributed by atoms with E-state index < -0.39 is 29.3 Å². The van der Waals surface area contributed by atoms with Crippen LogP contribution in [0.25, 0.3) is 0 Å². The van der Waals surface area contributed by atoms with Gasteiger partial charge in [-0.15, -0.1) is 0 Å². The summed E-state index contributed by atoms with van der Waals surface area (Å²) in [5.74, 6) is -1.10. The summed E-state index contributed by atoms with van der Waals surface area (Å²) >= 11 is 0. The van der Waals surface area contributed by atoms with Crippen molar-refractivity contribution in [2.45, 2.75) is 12.2 Å². The van der Waals surface area contributed by atoms with E-state index in [0.717, 1.165) is 4.90 Å². The molecule has 0 saturated carbocycles. The number of hydrogen-bond acceptors (Lipinski definition) is 3. The molecule has 1 rings (SSSR count). The molecule has 0 aliphatic carbocycles. The second kappa shape index (κ2) is 7.64. The summed E-state index contributed by atoms with van der Waals surface area (Å²) < 4.78 is 11.2. The van der Waals surface area contributed by atoms with Gasteiger partial charge in [0.15, 0.2) is 0 Å². The SMILES string of the molecule is CC(CNC(=O)N(CC(=O)O)c1ccccc1)S(C)=O. The van der Waals surface area contributed by atoms with Gasteiger partial charge in [0, 0.05) is 34.5 Å². The van der Waals surface area contributed by atoms with Crippen molar-refractivity contribution < 1.29 is 18.9 Å². The maximum atomic E-state index is 12.1. The molecule has 0 saturated heterocycles. The summed E-state index contributed by atoms with van der Waals surface area (Å²) in [5, 5.41) is 11.3. The minimum Gasteiger partial charge on any atom is -0.480 e. The first kappa shape index (κ1) is 16.2. The van der Waals surface area contributed by atoms with E-state index >= 15 is 0 Å². The van der Waals surface area contributed by atoms with Gasteiger partial charge in [-0.3, -0.25) is 13.9 Å². The Hall–Kier alpha value is -1.89. The Bertz CT molecular complexity index is 492. The van der Waals surface area contributed by atoms with Crippen LogP contribution in [0.3, 0.4) is 0 Å². The fourth-order valence-electron chi connectivity index (χ4n) is 1.47. The van der Waals surface area contributed by atoms with Crippen LogP contribution >= 0.6 is 0 Å². The van der Waals surface area contributed by atoms with E-state index in [-0.39, 0.29) is 11.8 Å². The zero-order valence-electron chi connectivity index (χ0n) is 11.4. The van der Waals surface area contributed by atoms with E-state index in [4.69, 9.17) is 5.11 Å². The van der Waals surface area contributed by atoms with Crippen molar-refractivity contribution in [1.29, 1.82) is 0 Å². The lowest BCUT2D eigenvalue weighted by molar-refractivity contribution is -0.135. The van der Waals surface area contributed by atoms with Crippen molar-refractivity contribution in [2.75, 3.05) is 24.2 Å². The molecule has 0 radical (unpaired) electrons. The van der Waals surface area contributed by atoms with Crippen molar-refractivity contribution in [1.82, 2.24) is 5.32 Å². The number of anilines is 1. The molecule has 0 spiro atoms. The lowest BCUT2D eigenvalue weighted by atomic mass is 10.3. The standard InChI is InChI=1S/C13H18N2O4S/c1-10(20(2)19)8-14-13(18)15(9-12(16)17)11-6-4-3-5-7-11/h3-7,10H,8-9H2,1-2H3,(H,14,18)(H,16,17). The third-order valence-electron chi connectivity index (χ3n) is 2.71. The zero-order chi connectivity index (χ0) is 15.1. The summed E-state index contributed by atoms with van der Waals surface area (Å²) in [6.45, 7) is 1.55. The van der Waals surface area contributed by atoms with Gasteiger partial charge in [0.1, 0.15) is 6.54 Å². The monoisotopic (exact) mass is 298 g/mol. The minimum atomic E-state index is -1.10. The number of amides is 2. The van der Waals surface area contributed by atoms with E-state index in [9.17, 15) is 13.8 Å². The highest BCUT2D eigenvalue weighted by Gasteiger charge is 2.19. The van der Waals surface area contributed by atoms with Crippen LogP contribution in [-0.4, -0.2) is 45.9 Å². The second-order valence-electron chi connectivity index (χ2n) is 4.31. The predicted molar refractivity (Wildman–Crippen MR) is 78.4 cm³/mol. The second-order valence-corrected chi connectivity index (χ2v) is 6.11. The fraction of sp³-hybridized carbons (Fsp3) is 0.385. The smallest absolute Gasteiger partial charge is 0.323 e. The van der Waals surface area contributed by atoms with Crippen LogP contribution in [0.5, 0.6) is 0 Å². The molecule has 0 fully saturated rings. The van der Waals surface area contributed by atoms with E-state index in [1.807, 2.05) is 0 Å². The molecule has 7 heteroatoms. The first-order chi connectivity index (χ1) is 9.41. The molecular formula is C13H18N2O4S. The van der Waals surface area contributed by atoms with Crippen molar-refractivity contribution in [3.05, 3.63) is 30.3 Å². The number of nitrogens with one attached hydrogen (secondary N) is 1. The third kappa shape index (κ3) is 5.00. The number of urea groups is 1. The van der Waals surface area contributed by atoms with E-state index in [1.54, 1.807) is 43.5 Å². The summed E-state index contributed by atoms with van der Waals surface area (Å²) in [4.78, 5) is 24.1. The number of carbonyl (C=O) groups is 2. The molecule has 2 amide bonds. The molecule has 110 valence electrons. The Morgan fingerprint density at radius 1 is 1.35 bits per heavy atom. The summed E-state index contributed by atoms with van der Waals surface area (Å²) in [5.41, 5.74) is 0.498. The van der Waals surface area contributed by atoms with E-state index in [1.165, 1.54) is 0 Å². The van der Waals surface area contributed by atoms with Gasteiger partial charge < -0.3 is 10.4 Å². The van der Waals surface area contributed by atoms with Gasteiger partial charge in [-0.05, 0) is 19.1 Å². The number of para-hydroxylation sites is 1. The van der Waals surface area contributed by atoms with Gasteiger partial charge in [0.2, 0.25) is 0 Å². The number of carboxylic acid groups (broad SMARTS) is 1. The molecule has 20 heavy (non-hydrogen) atoms. The van der Waals surface area contributed by atoms with Crippen LogP contribution in [0.1, 0.15) is 6.92 Å². The quantitative estimate of drug-likeness (QED) is 0.822. The van der Waals surface area contributed by atoms with E-state index in [2.05, 4.69) is 5.32 Å². The molecule has 2 unspecified atom stereocenters. The van der Waals surface area contributed by atoms with Gasteiger partial charge in [-0.25, -0.2) is 4.79 Å². The largest absolute Gasteiger partial charge is 0.480 e. The molecule has 0 bridgehead atoms. The Kier molecular flexibility index (Phi) is 6.17. The van der Waals surface area contributed by atoms with Crippen LogP contribution in [0.15, 0.2) is 30.3 Å². The lowest BCUT2D eigenvalue weighted by Crippen LogP contribution is -2.45. The molecule has 0 aliphatic rings. The van der Waals surface area contributed by atoms with E-state index in [0.29, 0.717) is 5.69 Å². The Morgan fingerprint density at radius 3 is 2.45 bits per heavy atom. The van der Waals surface area contributed by atoms with Gasteiger partial charge >= 0.3 is 12.0 Å². The van der Waals surface area contributed by atoms with Gasteiger partial charge in [0.25, 0.3) is 0 Å². The molecule has 0 aromatic heterocycles. The summed E-state index contributed by atoms with van der Waals surface area (Å²) in [6, 6.07) is 8.02. The topological polar surface area (TPSA) is 86.7 Å².